The van der Waals surface area contributed by atoms with Crippen LogP contribution in [0.1, 0.15) is 6.42 Å². The van der Waals surface area contributed by atoms with E-state index in [0.717, 1.165) is 0 Å². The summed E-state index contributed by atoms with van der Waals surface area (Å²) in [5.41, 5.74) is 5.09. The molecule has 0 aromatic rings. The highest BCUT2D eigenvalue weighted by molar-refractivity contribution is 5.85. The van der Waals surface area contributed by atoms with Gasteiger partial charge in [-0.1, -0.05) is 0 Å². The van der Waals surface area contributed by atoms with Crippen molar-refractivity contribution in [1.29, 1.82) is 0 Å². The van der Waals surface area contributed by atoms with Crippen LogP contribution in [0.3, 0.4) is 0 Å². The zero-order valence-electron chi connectivity index (χ0n) is 10.1. The molecule has 2 aliphatic rings. The summed E-state index contributed by atoms with van der Waals surface area (Å²) in [6, 6.07) is -0.897. The summed E-state index contributed by atoms with van der Waals surface area (Å²) in [6.07, 6.45) is -1.37. The Hall–Kier alpha value is -0.990. The number of morpholine rings is 1. The maximum Gasteiger partial charge on any atom is 0.262 e. The average molecular weight is 300 g/mol. The molecule has 2 atom stereocenters. The number of ether oxygens (including phenoxy) is 1. The van der Waals surface area contributed by atoms with Crippen LogP contribution in [0.15, 0.2) is 0 Å². The average Bonchev–Trinajstić information content (AvgIpc) is 2.69. The van der Waals surface area contributed by atoms with Crippen molar-refractivity contribution >= 4 is 24.2 Å². The van der Waals surface area contributed by atoms with Crippen LogP contribution in [-0.4, -0.2) is 61.0 Å². The van der Waals surface area contributed by atoms with Gasteiger partial charge in [0.25, 0.3) is 5.92 Å². The van der Waals surface area contributed by atoms with Gasteiger partial charge in [-0.2, -0.15) is 0 Å². The molecule has 2 saturated heterocycles. The van der Waals surface area contributed by atoms with Gasteiger partial charge in [0.15, 0.2) is 6.10 Å². The number of hydrogen-bond donors (Lipinski definition) is 2. The molecule has 2 fully saturated rings. The number of alkyl halides is 2. The van der Waals surface area contributed by atoms with Gasteiger partial charge in [-0.05, 0) is 0 Å². The van der Waals surface area contributed by atoms with E-state index in [4.69, 9.17) is 10.5 Å². The summed E-state index contributed by atoms with van der Waals surface area (Å²) in [4.78, 5) is 24.3. The van der Waals surface area contributed by atoms with Crippen LogP contribution in [0.4, 0.5) is 8.78 Å². The molecule has 0 aromatic carbocycles. The fraction of sp³-hybridized carbons (Fsp3) is 0.800. The van der Waals surface area contributed by atoms with E-state index >= 15 is 0 Å². The van der Waals surface area contributed by atoms with Gasteiger partial charge in [-0.25, -0.2) is 8.78 Å². The largest absolute Gasteiger partial charge is 0.367 e. The second-order valence-corrected chi connectivity index (χ2v) is 4.54. The lowest BCUT2D eigenvalue weighted by molar-refractivity contribution is -0.147. The normalized spacial score (nSPS) is 29.7. The molecule has 2 aliphatic heterocycles. The number of nitrogens with two attached hydrogens (primary N) is 1. The Kier molecular flexibility index (Phi) is 5.05. The molecule has 6 nitrogen and oxygen atoms in total. The Morgan fingerprint density at radius 3 is 2.63 bits per heavy atom. The highest BCUT2D eigenvalue weighted by Crippen LogP contribution is 2.26. The minimum absolute atomic E-state index is 0. The topological polar surface area (TPSA) is 84.7 Å². The molecule has 2 heterocycles. The Labute approximate surface area is 115 Å². The number of nitrogens with zero attached hydrogens (tertiary/aromatic N) is 1. The number of nitrogens with one attached hydrogen (secondary N) is 1. The lowest BCUT2D eigenvalue weighted by Gasteiger charge is -2.32. The SMILES string of the molecule is Cl.NC(=O)C1CN(C(=O)C2CC(F)(F)CN2)CCO1. The third kappa shape index (κ3) is 3.74. The molecule has 0 bridgehead atoms. The number of carbonyl (C=O) groups excluding carboxylic acids is 2. The van der Waals surface area contributed by atoms with E-state index in [0.29, 0.717) is 0 Å². The minimum atomic E-state index is -2.85. The highest BCUT2D eigenvalue weighted by atomic mass is 35.5. The molecule has 0 aromatic heterocycles. The number of hydrogen-bond acceptors (Lipinski definition) is 4. The van der Waals surface area contributed by atoms with Gasteiger partial charge in [0, 0.05) is 13.0 Å². The Morgan fingerprint density at radius 2 is 2.11 bits per heavy atom. The summed E-state index contributed by atoms with van der Waals surface area (Å²) in [7, 11) is 0. The number of rotatable bonds is 2. The predicted octanol–water partition coefficient (Wildman–Crippen LogP) is -0.882. The molecule has 0 spiro atoms. The van der Waals surface area contributed by atoms with Crippen molar-refractivity contribution in [2.45, 2.75) is 24.5 Å². The Balaban J connectivity index is 0.00000180. The van der Waals surface area contributed by atoms with Gasteiger partial charge in [0.2, 0.25) is 11.8 Å². The van der Waals surface area contributed by atoms with Crippen molar-refractivity contribution in [3.8, 4) is 0 Å². The van der Waals surface area contributed by atoms with Crippen molar-refractivity contribution in [2.75, 3.05) is 26.2 Å². The van der Waals surface area contributed by atoms with Crippen molar-refractivity contribution < 1.29 is 23.1 Å². The maximum absolute atomic E-state index is 13.0. The highest BCUT2D eigenvalue weighted by Gasteiger charge is 2.44. The number of amides is 2. The molecule has 2 unspecified atom stereocenters. The van der Waals surface area contributed by atoms with Crippen LogP contribution in [0.2, 0.25) is 0 Å². The van der Waals surface area contributed by atoms with E-state index < -0.39 is 42.8 Å². The molecule has 0 aliphatic carbocycles. The van der Waals surface area contributed by atoms with E-state index in [1.54, 1.807) is 0 Å². The number of primary amides is 1. The van der Waals surface area contributed by atoms with Gasteiger partial charge in [0.1, 0.15) is 0 Å². The van der Waals surface area contributed by atoms with E-state index in [-0.39, 0.29) is 32.1 Å². The minimum Gasteiger partial charge on any atom is -0.367 e. The molecule has 0 radical (unpaired) electrons. The van der Waals surface area contributed by atoms with Crippen LogP contribution in [-0.2, 0) is 14.3 Å². The molecular formula is C10H16ClF2N3O3. The second kappa shape index (κ2) is 5.98. The third-order valence-corrected chi connectivity index (χ3v) is 3.10. The van der Waals surface area contributed by atoms with Crippen LogP contribution in [0, 0.1) is 0 Å². The summed E-state index contributed by atoms with van der Waals surface area (Å²) in [5, 5.41) is 2.49. The fourth-order valence-corrected chi connectivity index (χ4v) is 2.13. The first-order chi connectivity index (χ1) is 8.39. The fourth-order valence-electron chi connectivity index (χ4n) is 2.13. The van der Waals surface area contributed by atoms with Crippen LogP contribution in [0.5, 0.6) is 0 Å². The number of halogens is 3. The van der Waals surface area contributed by atoms with Gasteiger partial charge in [0.05, 0.1) is 25.7 Å². The van der Waals surface area contributed by atoms with Crippen LogP contribution < -0.4 is 11.1 Å². The molecule has 2 amide bonds. The standard InChI is InChI=1S/C10H15F2N3O3.ClH/c11-10(12)3-6(14-5-10)9(17)15-1-2-18-7(4-15)8(13)16;/h6-7,14H,1-5H2,(H2,13,16);1H. The summed E-state index contributed by atoms with van der Waals surface area (Å²) in [6.45, 7) is -0.000261. The Bertz CT molecular complexity index is 370. The van der Waals surface area contributed by atoms with E-state index in [2.05, 4.69) is 5.32 Å². The molecule has 0 saturated carbocycles. The number of carbonyl (C=O) groups is 2. The molecular weight excluding hydrogens is 284 g/mol. The smallest absolute Gasteiger partial charge is 0.262 e. The summed E-state index contributed by atoms with van der Waals surface area (Å²) < 4.78 is 31.1. The molecule has 2 rings (SSSR count). The van der Waals surface area contributed by atoms with Crippen molar-refractivity contribution in [2.24, 2.45) is 5.73 Å². The molecule has 19 heavy (non-hydrogen) atoms. The second-order valence-electron chi connectivity index (χ2n) is 4.54. The van der Waals surface area contributed by atoms with E-state index in [1.807, 2.05) is 0 Å². The summed E-state index contributed by atoms with van der Waals surface area (Å²) >= 11 is 0. The zero-order valence-corrected chi connectivity index (χ0v) is 10.9. The molecule has 3 N–H and O–H groups in total. The van der Waals surface area contributed by atoms with Gasteiger partial charge in [-0.3, -0.25) is 14.9 Å². The van der Waals surface area contributed by atoms with Gasteiger partial charge in [-0.15, -0.1) is 12.4 Å². The first-order valence-corrected chi connectivity index (χ1v) is 5.70. The van der Waals surface area contributed by atoms with Crippen molar-refractivity contribution in [3.05, 3.63) is 0 Å². The molecule has 9 heteroatoms. The first-order valence-electron chi connectivity index (χ1n) is 5.70. The van der Waals surface area contributed by atoms with Crippen molar-refractivity contribution in [3.63, 3.8) is 0 Å². The van der Waals surface area contributed by atoms with Gasteiger partial charge >= 0.3 is 0 Å². The quantitative estimate of drug-likeness (QED) is 0.693. The predicted molar refractivity (Wildman–Crippen MR) is 64.1 cm³/mol. The first kappa shape index (κ1) is 16.1. The van der Waals surface area contributed by atoms with Crippen LogP contribution >= 0.6 is 12.4 Å². The van der Waals surface area contributed by atoms with Crippen molar-refractivity contribution in [1.82, 2.24) is 10.2 Å². The van der Waals surface area contributed by atoms with Crippen LogP contribution in [0.25, 0.3) is 0 Å². The Morgan fingerprint density at radius 1 is 1.42 bits per heavy atom. The zero-order chi connectivity index (χ0) is 13.3. The van der Waals surface area contributed by atoms with Gasteiger partial charge < -0.3 is 15.4 Å². The third-order valence-electron chi connectivity index (χ3n) is 3.10. The maximum atomic E-state index is 13.0. The lowest BCUT2D eigenvalue weighted by Crippen LogP contribution is -2.54. The molecule has 110 valence electrons. The van der Waals surface area contributed by atoms with E-state index in [1.165, 1.54) is 4.90 Å². The monoisotopic (exact) mass is 299 g/mol. The van der Waals surface area contributed by atoms with E-state index in [9.17, 15) is 18.4 Å². The summed E-state index contributed by atoms with van der Waals surface area (Å²) in [5.74, 6) is -3.94. The lowest BCUT2D eigenvalue weighted by atomic mass is 10.1.